The van der Waals surface area contributed by atoms with E-state index in [0.717, 1.165) is 23.9 Å². The summed E-state index contributed by atoms with van der Waals surface area (Å²) in [5, 5.41) is 11.5. The molecule has 0 atom stereocenters. The van der Waals surface area contributed by atoms with Crippen LogP contribution < -0.4 is 10.9 Å². The van der Waals surface area contributed by atoms with Crippen LogP contribution in [-0.4, -0.2) is 46.7 Å². The summed E-state index contributed by atoms with van der Waals surface area (Å²) in [4.78, 5) is 26.5. The van der Waals surface area contributed by atoms with E-state index in [1.54, 1.807) is 29.2 Å². The number of amides is 1. The molecule has 162 valence electrons. The summed E-state index contributed by atoms with van der Waals surface area (Å²) in [5.74, 6) is -0.808. The quantitative estimate of drug-likeness (QED) is 0.546. The summed E-state index contributed by atoms with van der Waals surface area (Å²) in [6.45, 7) is 4.31. The lowest BCUT2D eigenvalue weighted by atomic mass is 10.0. The normalized spacial score (nSPS) is 14.1. The van der Waals surface area contributed by atoms with E-state index in [9.17, 15) is 14.0 Å². The number of benzene rings is 2. The van der Waals surface area contributed by atoms with E-state index < -0.39 is 5.82 Å². The summed E-state index contributed by atoms with van der Waals surface area (Å²) in [6.07, 6.45) is 3.89. The smallest absolute Gasteiger partial charge is 0.272 e. The number of unbranched alkanes of at least 4 members (excludes halogenated alkanes) is 2. The molecule has 0 saturated carbocycles. The highest BCUT2D eigenvalue weighted by atomic mass is 19.1. The lowest BCUT2D eigenvalue weighted by Crippen LogP contribution is -2.60. The Hall–Kier alpha value is -3.06. The van der Waals surface area contributed by atoms with Gasteiger partial charge in [0.2, 0.25) is 0 Å². The molecule has 1 aliphatic rings. The number of hydrogen-bond donors (Lipinski definition) is 2. The minimum absolute atomic E-state index is 0.0793. The van der Waals surface area contributed by atoms with Crippen molar-refractivity contribution in [1.29, 1.82) is 0 Å². The Labute approximate surface area is 180 Å². The SMILES string of the molecule is CCCCCNC1CN(C(=O)c2cc(Cc3n[nH]c(=O)c4ccccc34)ccc2F)C1. The van der Waals surface area contributed by atoms with Gasteiger partial charge in [-0.25, -0.2) is 9.49 Å². The molecule has 1 aromatic heterocycles. The summed E-state index contributed by atoms with van der Waals surface area (Å²) < 4.78 is 14.4. The summed E-state index contributed by atoms with van der Waals surface area (Å²) in [6, 6.07) is 12.1. The number of hydrogen-bond acceptors (Lipinski definition) is 4. The van der Waals surface area contributed by atoms with Crippen molar-refractivity contribution in [1.82, 2.24) is 20.4 Å². The molecule has 2 heterocycles. The van der Waals surface area contributed by atoms with E-state index in [2.05, 4.69) is 22.4 Å². The van der Waals surface area contributed by atoms with E-state index in [4.69, 9.17) is 0 Å². The molecule has 0 unspecified atom stereocenters. The fourth-order valence-corrected chi connectivity index (χ4v) is 3.97. The molecule has 4 rings (SSSR count). The number of aromatic nitrogens is 2. The number of nitrogens with one attached hydrogen (secondary N) is 2. The largest absolute Gasteiger partial charge is 0.335 e. The zero-order valence-corrected chi connectivity index (χ0v) is 17.7. The highest BCUT2D eigenvalue weighted by Crippen LogP contribution is 2.21. The van der Waals surface area contributed by atoms with Crippen LogP contribution in [0.1, 0.15) is 47.8 Å². The molecule has 3 aromatic rings. The minimum atomic E-state index is -0.521. The predicted molar refractivity (Wildman–Crippen MR) is 119 cm³/mol. The molecule has 7 heteroatoms. The lowest BCUT2D eigenvalue weighted by molar-refractivity contribution is 0.0562. The molecule has 2 aromatic carbocycles. The van der Waals surface area contributed by atoms with Gasteiger partial charge < -0.3 is 10.2 Å². The van der Waals surface area contributed by atoms with Crippen molar-refractivity contribution in [2.75, 3.05) is 19.6 Å². The molecule has 1 fully saturated rings. The van der Waals surface area contributed by atoms with Gasteiger partial charge in [0.05, 0.1) is 16.6 Å². The molecule has 31 heavy (non-hydrogen) atoms. The number of H-pyrrole nitrogens is 1. The number of fused-ring (bicyclic) bond motifs is 1. The average molecular weight is 423 g/mol. The maximum atomic E-state index is 14.4. The Balaban J connectivity index is 1.46. The van der Waals surface area contributed by atoms with Crippen LogP contribution in [0.15, 0.2) is 47.3 Å². The molecular weight excluding hydrogens is 395 g/mol. The topological polar surface area (TPSA) is 78.1 Å². The van der Waals surface area contributed by atoms with Crippen LogP contribution in [0, 0.1) is 5.82 Å². The Bertz CT molecular complexity index is 1140. The Kier molecular flexibility index (Phi) is 6.42. The van der Waals surface area contributed by atoms with Crippen LogP contribution in [0.25, 0.3) is 10.8 Å². The van der Waals surface area contributed by atoms with Crippen LogP contribution in [0.2, 0.25) is 0 Å². The summed E-state index contributed by atoms with van der Waals surface area (Å²) >= 11 is 0. The fourth-order valence-electron chi connectivity index (χ4n) is 3.97. The van der Waals surface area contributed by atoms with Gasteiger partial charge in [-0.15, -0.1) is 0 Å². The van der Waals surface area contributed by atoms with Crippen LogP contribution in [0.4, 0.5) is 4.39 Å². The first-order valence-corrected chi connectivity index (χ1v) is 10.8. The van der Waals surface area contributed by atoms with Gasteiger partial charge >= 0.3 is 0 Å². The van der Waals surface area contributed by atoms with Gasteiger partial charge in [0.15, 0.2) is 0 Å². The van der Waals surface area contributed by atoms with Crippen molar-refractivity contribution in [2.45, 2.75) is 38.6 Å². The van der Waals surface area contributed by atoms with Crippen LogP contribution in [0.5, 0.6) is 0 Å². The third-order valence-corrected chi connectivity index (χ3v) is 5.79. The second kappa shape index (κ2) is 9.39. The second-order valence-electron chi connectivity index (χ2n) is 8.10. The van der Waals surface area contributed by atoms with Gasteiger partial charge in [0, 0.05) is 30.9 Å². The minimum Gasteiger partial charge on any atom is -0.335 e. The number of carbonyl (C=O) groups is 1. The van der Waals surface area contributed by atoms with Crippen LogP contribution >= 0.6 is 0 Å². The first kappa shape index (κ1) is 21.2. The van der Waals surface area contributed by atoms with Crippen molar-refractivity contribution in [2.24, 2.45) is 0 Å². The summed E-state index contributed by atoms with van der Waals surface area (Å²) in [7, 11) is 0. The van der Waals surface area contributed by atoms with Crippen LogP contribution in [0.3, 0.4) is 0 Å². The van der Waals surface area contributed by atoms with E-state index in [-0.39, 0.29) is 23.1 Å². The second-order valence-corrected chi connectivity index (χ2v) is 8.10. The van der Waals surface area contributed by atoms with Crippen molar-refractivity contribution in [3.63, 3.8) is 0 Å². The predicted octanol–water partition coefficient (Wildman–Crippen LogP) is 3.26. The van der Waals surface area contributed by atoms with Crippen molar-refractivity contribution < 1.29 is 9.18 Å². The standard InChI is InChI=1S/C24H27FN4O2/c1-2-3-6-11-26-17-14-29(15-17)24(31)20-12-16(9-10-21(20)25)13-22-18-7-4-5-8-19(18)23(30)28-27-22/h4-5,7-10,12,17,26H,2-3,6,11,13-15H2,1H3,(H,28,30). The van der Waals surface area contributed by atoms with E-state index in [1.807, 2.05) is 12.1 Å². The van der Waals surface area contributed by atoms with Gasteiger partial charge in [0.1, 0.15) is 5.82 Å². The number of rotatable bonds is 8. The Morgan fingerprint density at radius 3 is 2.74 bits per heavy atom. The van der Waals surface area contributed by atoms with Gasteiger partial charge in [0.25, 0.3) is 11.5 Å². The maximum Gasteiger partial charge on any atom is 0.272 e. The van der Waals surface area contributed by atoms with Gasteiger partial charge in [-0.2, -0.15) is 5.10 Å². The molecular formula is C24H27FN4O2. The number of halogens is 1. The zero-order chi connectivity index (χ0) is 21.8. The molecule has 2 N–H and O–H groups in total. The van der Waals surface area contributed by atoms with E-state index >= 15 is 0 Å². The Morgan fingerprint density at radius 1 is 1.19 bits per heavy atom. The van der Waals surface area contributed by atoms with Crippen molar-refractivity contribution >= 4 is 16.7 Å². The molecule has 1 saturated heterocycles. The van der Waals surface area contributed by atoms with Crippen LogP contribution in [-0.2, 0) is 6.42 Å². The molecule has 0 spiro atoms. The molecule has 6 nitrogen and oxygen atoms in total. The highest BCUT2D eigenvalue weighted by Gasteiger charge is 2.32. The lowest BCUT2D eigenvalue weighted by Gasteiger charge is -2.40. The number of carbonyl (C=O) groups excluding carboxylic acids is 1. The number of aromatic amines is 1. The van der Waals surface area contributed by atoms with Gasteiger partial charge in [-0.05, 0) is 36.7 Å². The molecule has 0 radical (unpaired) electrons. The molecule has 0 aliphatic carbocycles. The fraction of sp³-hybridized carbons (Fsp3) is 0.375. The third-order valence-electron chi connectivity index (χ3n) is 5.79. The van der Waals surface area contributed by atoms with E-state index in [0.29, 0.717) is 30.6 Å². The molecule has 1 amide bonds. The Morgan fingerprint density at radius 2 is 1.97 bits per heavy atom. The highest BCUT2D eigenvalue weighted by molar-refractivity contribution is 5.95. The zero-order valence-electron chi connectivity index (χ0n) is 17.7. The van der Waals surface area contributed by atoms with E-state index in [1.165, 1.54) is 18.9 Å². The third kappa shape index (κ3) is 4.66. The van der Waals surface area contributed by atoms with Gasteiger partial charge in [-0.1, -0.05) is 44.0 Å². The van der Waals surface area contributed by atoms with Crippen molar-refractivity contribution in [3.8, 4) is 0 Å². The van der Waals surface area contributed by atoms with Crippen molar-refractivity contribution in [3.05, 3.63) is 75.5 Å². The monoisotopic (exact) mass is 422 g/mol. The molecule has 0 bridgehead atoms. The number of likely N-dealkylation sites (tertiary alicyclic amines) is 1. The van der Waals surface area contributed by atoms with Gasteiger partial charge in [-0.3, -0.25) is 9.59 Å². The number of nitrogens with zero attached hydrogens (tertiary/aromatic N) is 2. The first-order chi connectivity index (χ1) is 15.1. The first-order valence-electron chi connectivity index (χ1n) is 10.8. The maximum absolute atomic E-state index is 14.4. The summed E-state index contributed by atoms with van der Waals surface area (Å²) in [5.41, 5.74) is 1.28. The molecule has 1 aliphatic heterocycles. The average Bonchev–Trinajstić information content (AvgIpc) is 2.75.